The molecule has 0 fully saturated rings. The first-order valence-electron chi connectivity index (χ1n) is 4.10. The Morgan fingerprint density at radius 3 is 2.58 bits per heavy atom. The molecule has 0 unspecified atom stereocenters. The predicted octanol–water partition coefficient (Wildman–Crippen LogP) is 1.57. The van der Waals surface area contributed by atoms with Crippen molar-refractivity contribution in [2.24, 2.45) is 5.16 Å². The quantitative estimate of drug-likeness (QED) is 0.297. The minimum absolute atomic E-state index is 0.0954. The largest absolute Gasteiger partial charge is 0.466 e. The molecule has 0 aliphatic carbocycles. The summed E-state index contributed by atoms with van der Waals surface area (Å²) in [5.41, 5.74) is 0.482. The molecule has 0 bridgehead atoms. The number of esters is 1. The molecule has 0 aliphatic rings. The van der Waals surface area contributed by atoms with Gasteiger partial charge in [-0.3, -0.25) is 4.79 Å². The lowest BCUT2D eigenvalue weighted by molar-refractivity contribution is -0.141. The molecule has 0 saturated heterocycles. The van der Waals surface area contributed by atoms with Gasteiger partial charge in [0, 0.05) is 0 Å². The molecule has 0 radical (unpaired) electrons. The van der Waals surface area contributed by atoms with Gasteiger partial charge in [-0.2, -0.15) is 0 Å². The zero-order valence-electron chi connectivity index (χ0n) is 7.54. The lowest BCUT2D eigenvalue weighted by atomic mass is 10.2. The highest BCUT2D eigenvalue weighted by molar-refractivity contribution is 5.98. The third-order valence-electron chi connectivity index (χ3n) is 1.33. The van der Waals surface area contributed by atoms with E-state index in [0.29, 0.717) is 18.7 Å². The summed E-state index contributed by atoms with van der Waals surface area (Å²) in [7, 11) is 0. The van der Waals surface area contributed by atoms with E-state index in [0.717, 1.165) is 6.42 Å². The molecule has 4 heteroatoms. The summed E-state index contributed by atoms with van der Waals surface area (Å²) in [5, 5.41) is 11.5. The SMILES string of the molecule is CCC/C(CC(=O)OCC)=N\O. The van der Waals surface area contributed by atoms with Gasteiger partial charge in [-0.1, -0.05) is 18.5 Å². The van der Waals surface area contributed by atoms with Crippen molar-refractivity contribution in [3.8, 4) is 0 Å². The lowest BCUT2D eigenvalue weighted by Gasteiger charge is -2.01. The molecule has 0 spiro atoms. The Hall–Kier alpha value is -1.06. The van der Waals surface area contributed by atoms with Gasteiger partial charge in [-0.15, -0.1) is 0 Å². The molecule has 0 aromatic rings. The Labute approximate surface area is 72.2 Å². The average molecular weight is 173 g/mol. The number of oxime groups is 1. The zero-order valence-corrected chi connectivity index (χ0v) is 7.54. The van der Waals surface area contributed by atoms with Crippen molar-refractivity contribution < 1.29 is 14.7 Å². The van der Waals surface area contributed by atoms with Gasteiger partial charge in [-0.25, -0.2) is 0 Å². The molecule has 0 heterocycles. The van der Waals surface area contributed by atoms with Crippen LogP contribution in [0.25, 0.3) is 0 Å². The van der Waals surface area contributed by atoms with E-state index in [1.807, 2.05) is 6.92 Å². The van der Waals surface area contributed by atoms with Gasteiger partial charge in [0.05, 0.1) is 18.7 Å². The molecular weight excluding hydrogens is 158 g/mol. The summed E-state index contributed by atoms with van der Waals surface area (Å²) in [5.74, 6) is -0.334. The van der Waals surface area contributed by atoms with Crippen molar-refractivity contribution in [1.82, 2.24) is 0 Å². The van der Waals surface area contributed by atoms with Gasteiger partial charge < -0.3 is 9.94 Å². The Bertz CT molecular complexity index is 166. The Morgan fingerprint density at radius 2 is 2.17 bits per heavy atom. The van der Waals surface area contributed by atoms with Crippen molar-refractivity contribution in [1.29, 1.82) is 0 Å². The Balaban J connectivity index is 3.78. The highest BCUT2D eigenvalue weighted by Gasteiger charge is 2.07. The van der Waals surface area contributed by atoms with E-state index in [2.05, 4.69) is 9.89 Å². The molecule has 70 valence electrons. The third-order valence-corrected chi connectivity index (χ3v) is 1.33. The summed E-state index contributed by atoms with van der Waals surface area (Å²) in [4.78, 5) is 10.9. The van der Waals surface area contributed by atoms with Crippen molar-refractivity contribution in [3.05, 3.63) is 0 Å². The van der Waals surface area contributed by atoms with E-state index in [9.17, 15) is 4.79 Å². The first kappa shape index (κ1) is 10.9. The highest BCUT2D eigenvalue weighted by atomic mass is 16.5. The standard InChI is InChI=1S/C8H15NO3/c1-3-5-7(9-11)6-8(10)12-4-2/h11H,3-6H2,1-2H3/b9-7+. The summed E-state index contributed by atoms with van der Waals surface area (Å²) >= 11 is 0. The first-order valence-corrected chi connectivity index (χ1v) is 4.10. The lowest BCUT2D eigenvalue weighted by Crippen LogP contribution is -2.11. The van der Waals surface area contributed by atoms with Gasteiger partial charge in [0.1, 0.15) is 0 Å². The van der Waals surface area contributed by atoms with Crippen molar-refractivity contribution in [2.45, 2.75) is 33.1 Å². The smallest absolute Gasteiger partial charge is 0.311 e. The molecule has 0 aromatic heterocycles. The van der Waals surface area contributed by atoms with E-state index in [1.54, 1.807) is 6.92 Å². The van der Waals surface area contributed by atoms with E-state index in [-0.39, 0.29) is 12.4 Å². The summed E-state index contributed by atoms with van der Waals surface area (Å²) in [6.07, 6.45) is 1.59. The van der Waals surface area contributed by atoms with Crippen LogP contribution in [0.2, 0.25) is 0 Å². The van der Waals surface area contributed by atoms with Gasteiger partial charge in [-0.05, 0) is 13.3 Å². The van der Waals surface area contributed by atoms with Crippen LogP contribution in [-0.2, 0) is 9.53 Å². The molecule has 0 amide bonds. The van der Waals surface area contributed by atoms with E-state index in [1.165, 1.54) is 0 Å². The fourth-order valence-electron chi connectivity index (χ4n) is 0.841. The molecule has 0 aliphatic heterocycles. The van der Waals surface area contributed by atoms with Gasteiger partial charge in [0.2, 0.25) is 0 Å². The Kier molecular flexibility index (Phi) is 6.05. The minimum Gasteiger partial charge on any atom is -0.466 e. The molecule has 0 atom stereocenters. The number of nitrogens with zero attached hydrogens (tertiary/aromatic N) is 1. The number of carbonyl (C=O) groups excluding carboxylic acids is 1. The van der Waals surface area contributed by atoms with Crippen molar-refractivity contribution >= 4 is 11.7 Å². The fraction of sp³-hybridized carbons (Fsp3) is 0.750. The molecule has 0 aromatic carbocycles. The number of hydrogen-bond donors (Lipinski definition) is 1. The second-order valence-electron chi connectivity index (χ2n) is 2.40. The first-order chi connectivity index (χ1) is 5.74. The van der Waals surface area contributed by atoms with Crippen LogP contribution in [0.3, 0.4) is 0 Å². The normalized spacial score (nSPS) is 11.3. The van der Waals surface area contributed by atoms with Crippen molar-refractivity contribution in [3.63, 3.8) is 0 Å². The second-order valence-corrected chi connectivity index (χ2v) is 2.40. The van der Waals surface area contributed by atoms with Crippen LogP contribution in [0.4, 0.5) is 0 Å². The number of carbonyl (C=O) groups is 1. The summed E-state index contributed by atoms with van der Waals surface area (Å²) in [6.45, 7) is 4.06. The minimum atomic E-state index is -0.334. The van der Waals surface area contributed by atoms with Crippen LogP contribution >= 0.6 is 0 Å². The topological polar surface area (TPSA) is 58.9 Å². The Morgan fingerprint density at radius 1 is 1.50 bits per heavy atom. The number of hydrogen-bond acceptors (Lipinski definition) is 4. The van der Waals surface area contributed by atoms with Crippen LogP contribution in [-0.4, -0.2) is 23.5 Å². The van der Waals surface area contributed by atoms with Gasteiger partial charge in [0.15, 0.2) is 0 Å². The van der Waals surface area contributed by atoms with Crippen LogP contribution in [0.15, 0.2) is 5.16 Å². The molecule has 0 saturated carbocycles. The summed E-state index contributed by atoms with van der Waals surface area (Å²) in [6, 6.07) is 0. The van der Waals surface area contributed by atoms with Crippen LogP contribution in [0.5, 0.6) is 0 Å². The predicted molar refractivity (Wildman–Crippen MR) is 45.4 cm³/mol. The maximum absolute atomic E-state index is 10.9. The zero-order chi connectivity index (χ0) is 9.40. The van der Waals surface area contributed by atoms with Gasteiger partial charge >= 0.3 is 5.97 Å². The highest BCUT2D eigenvalue weighted by Crippen LogP contribution is 1.98. The average Bonchev–Trinajstić information content (AvgIpc) is 2.04. The second kappa shape index (κ2) is 6.64. The molecular formula is C8H15NO3. The maximum atomic E-state index is 10.9. The van der Waals surface area contributed by atoms with Gasteiger partial charge in [0.25, 0.3) is 0 Å². The third kappa shape index (κ3) is 4.71. The number of ether oxygens (including phenoxy) is 1. The maximum Gasteiger partial charge on any atom is 0.311 e. The molecule has 1 N–H and O–H groups in total. The fourth-order valence-corrected chi connectivity index (χ4v) is 0.841. The van der Waals surface area contributed by atoms with Crippen molar-refractivity contribution in [2.75, 3.05) is 6.61 Å². The van der Waals surface area contributed by atoms with Crippen LogP contribution in [0, 0.1) is 0 Å². The molecule has 4 nitrogen and oxygen atoms in total. The number of rotatable bonds is 5. The van der Waals surface area contributed by atoms with Crippen LogP contribution in [0.1, 0.15) is 33.1 Å². The molecule has 0 rings (SSSR count). The van der Waals surface area contributed by atoms with Crippen LogP contribution < -0.4 is 0 Å². The summed E-state index contributed by atoms with van der Waals surface area (Å²) < 4.78 is 4.69. The van der Waals surface area contributed by atoms with E-state index >= 15 is 0 Å². The van der Waals surface area contributed by atoms with E-state index in [4.69, 9.17) is 5.21 Å². The molecule has 12 heavy (non-hydrogen) atoms. The van der Waals surface area contributed by atoms with E-state index < -0.39 is 0 Å². The monoisotopic (exact) mass is 173 g/mol.